The maximum atomic E-state index is 13.5. The molecule has 0 N–H and O–H groups in total. The second kappa shape index (κ2) is 14.0. The Balaban J connectivity index is 1.12. The van der Waals surface area contributed by atoms with E-state index in [1.54, 1.807) is 24.3 Å². The Morgan fingerprint density at radius 3 is 1.70 bits per heavy atom. The van der Waals surface area contributed by atoms with Gasteiger partial charge in [0, 0.05) is 44.6 Å². The molecule has 1 aromatic heterocycles. The number of piperazine rings is 1. The lowest BCUT2D eigenvalue weighted by molar-refractivity contribution is 0.0592. The van der Waals surface area contributed by atoms with Crippen molar-refractivity contribution in [3.8, 4) is 0 Å². The largest absolute Gasteiger partial charge is 0.335 e. The molecule has 0 atom stereocenters. The zero-order chi connectivity index (χ0) is 30.3. The Labute approximate surface area is 261 Å². The molecular formula is C36H34F2N4OS. The monoisotopic (exact) mass is 608 g/mol. The maximum Gasteiger partial charge on any atom is 0.273 e. The Hall–Kier alpha value is -4.24. The summed E-state index contributed by atoms with van der Waals surface area (Å²) < 4.78 is 27.0. The zero-order valence-corrected chi connectivity index (χ0v) is 25.2. The van der Waals surface area contributed by atoms with Gasteiger partial charge in [0.1, 0.15) is 22.3 Å². The molecule has 1 amide bonds. The molecule has 6 rings (SSSR count). The van der Waals surface area contributed by atoms with Gasteiger partial charge in [0.15, 0.2) is 0 Å². The van der Waals surface area contributed by atoms with Crippen LogP contribution in [0.15, 0.2) is 115 Å². The van der Waals surface area contributed by atoms with Gasteiger partial charge < -0.3 is 4.90 Å². The van der Waals surface area contributed by atoms with Gasteiger partial charge in [-0.25, -0.2) is 13.8 Å². The van der Waals surface area contributed by atoms with E-state index in [1.165, 1.54) is 46.7 Å². The molecule has 0 saturated carbocycles. The van der Waals surface area contributed by atoms with E-state index in [9.17, 15) is 13.6 Å². The molecule has 5 nitrogen and oxygen atoms in total. The standard InChI is InChI=1S/C36H34F2N4OS/c37-31-15-11-27(12-16-31)23-40(24-28-13-17-32(38)18-14-28)25-34-39-33(26-44-34)36(43)42-21-19-41(20-22-42)35(29-7-3-1-4-8-29)30-9-5-2-6-10-30/h1-18,26,35H,19-25H2. The van der Waals surface area contributed by atoms with Crippen LogP contribution in [-0.2, 0) is 19.6 Å². The summed E-state index contributed by atoms with van der Waals surface area (Å²) in [5.74, 6) is -0.608. The summed E-state index contributed by atoms with van der Waals surface area (Å²) in [7, 11) is 0. The van der Waals surface area contributed by atoms with Crippen LogP contribution >= 0.6 is 11.3 Å². The highest BCUT2D eigenvalue weighted by atomic mass is 32.1. The lowest BCUT2D eigenvalue weighted by atomic mass is 9.96. The highest BCUT2D eigenvalue weighted by Gasteiger charge is 2.29. The molecule has 0 unspecified atom stereocenters. The number of hydrogen-bond acceptors (Lipinski definition) is 5. The van der Waals surface area contributed by atoms with Gasteiger partial charge in [-0.2, -0.15) is 0 Å². The summed E-state index contributed by atoms with van der Waals surface area (Å²) in [6.07, 6.45) is 0. The third-order valence-electron chi connectivity index (χ3n) is 7.97. The first-order chi connectivity index (χ1) is 21.5. The number of hydrogen-bond donors (Lipinski definition) is 0. The summed E-state index contributed by atoms with van der Waals surface area (Å²) >= 11 is 1.47. The summed E-state index contributed by atoms with van der Waals surface area (Å²) in [6.45, 7) is 4.42. The van der Waals surface area contributed by atoms with Crippen LogP contribution in [0.2, 0.25) is 0 Å². The van der Waals surface area contributed by atoms with Crippen LogP contribution in [0.3, 0.4) is 0 Å². The Morgan fingerprint density at radius 1 is 0.705 bits per heavy atom. The number of thiazole rings is 1. The van der Waals surface area contributed by atoms with Crippen molar-refractivity contribution < 1.29 is 13.6 Å². The van der Waals surface area contributed by atoms with E-state index in [4.69, 9.17) is 4.98 Å². The van der Waals surface area contributed by atoms with Gasteiger partial charge in [-0.3, -0.25) is 14.6 Å². The fraction of sp³-hybridized carbons (Fsp3) is 0.222. The number of amides is 1. The quantitative estimate of drug-likeness (QED) is 0.169. The van der Waals surface area contributed by atoms with E-state index in [0.29, 0.717) is 38.4 Å². The third kappa shape index (κ3) is 7.45. The smallest absolute Gasteiger partial charge is 0.273 e. The van der Waals surface area contributed by atoms with Gasteiger partial charge in [-0.05, 0) is 46.5 Å². The highest BCUT2D eigenvalue weighted by Crippen LogP contribution is 2.30. The fourth-order valence-corrected chi connectivity index (χ4v) is 6.58. The minimum atomic E-state index is -0.279. The second-order valence-corrected chi connectivity index (χ2v) is 12.0. The number of halogens is 2. The van der Waals surface area contributed by atoms with Gasteiger partial charge in [0.05, 0.1) is 12.6 Å². The van der Waals surface area contributed by atoms with Crippen LogP contribution in [0, 0.1) is 11.6 Å². The van der Waals surface area contributed by atoms with Crippen molar-refractivity contribution in [1.82, 2.24) is 19.7 Å². The van der Waals surface area contributed by atoms with E-state index >= 15 is 0 Å². The van der Waals surface area contributed by atoms with E-state index in [1.807, 2.05) is 22.4 Å². The van der Waals surface area contributed by atoms with E-state index in [0.717, 1.165) is 29.2 Å². The van der Waals surface area contributed by atoms with Crippen LogP contribution in [0.4, 0.5) is 8.78 Å². The Kier molecular flexibility index (Phi) is 9.51. The summed E-state index contributed by atoms with van der Waals surface area (Å²) in [4.78, 5) is 24.8. The van der Waals surface area contributed by atoms with Crippen molar-refractivity contribution in [3.05, 3.63) is 159 Å². The Bertz CT molecular complexity index is 1550. The molecule has 0 bridgehead atoms. The Morgan fingerprint density at radius 2 is 1.20 bits per heavy atom. The topological polar surface area (TPSA) is 39.7 Å². The first kappa shape index (κ1) is 29.8. The van der Waals surface area contributed by atoms with E-state index in [-0.39, 0.29) is 23.6 Å². The molecule has 4 aromatic carbocycles. The molecule has 224 valence electrons. The summed E-state index contributed by atoms with van der Waals surface area (Å²) in [6, 6.07) is 34.1. The number of rotatable bonds is 10. The molecule has 1 aliphatic rings. The summed E-state index contributed by atoms with van der Waals surface area (Å²) in [5.41, 5.74) is 4.87. The predicted molar refractivity (Wildman–Crippen MR) is 170 cm³/mol. The average Bonchev–Trinajstić information content (AvgIpc) is 3.53. The molecule has 0 radical (unpaired) electrons. The average molecular weight is 609 g/mol. The third-order valence-corrected chi connectivity index (χ3v) is 8.80. The lowest BCUT2D eigenvalue weighted by Crippen LogP contribution is -2.50. The number of nitrogens with zero attached hydrogens (tertiary/aromatic N) is 4. The number of carbonyl (C=O) groups is 1. The van der Waals surface area contributed by atoms with Crippen molar-refractivity contribution in [2.24, 2.45) is 0 Å². The van der Waals surface area contributed by atoms with Crippen LogP contribution in [0.5, 0.6) is 0 Å². The van der Waals surface area contributed by atoms with Gasteiger partial charge >= 0.3 is 0 Å². The van der Waals surface area contributed by atoms with Crippen molar-refractivity contribution in [2.45, 2.75) is 25.7 Å². The van der Waals surface area contributed by atoms with Crippen molar-refractivity contribution >= 4 is 17.2 Å². The van der Waals surface area contributed by atoms with Gasteiger partial charge in [-0.15, -0.1) is 11.3 Å². The van der Waals surface area contributed by atoms with Crippen LogP contribution < -0.4 is 0 Å². The molecule has 1 fully saturated rings. The van der Waals surface area contributed by atoms with Crippen molar-refractivity contribution in [1.29, 1.82) is 0 Å². The number of benzene rings is 4. The fourth-order valence-electron chi connectivity index (χ4n) is 5.77. The molecule has 44 heavy (non-hydrogen) atoms. The maximum absolute atomic E-state index is 13.5. The minimum absolute atomic E-state index is 0.0493. The lowest BCUT2D eigenvalue weighted by Gasteiger charge is -2.39. The first-order valence-corrected chi connectivity index (χ1v) is 15.7. The van der Waals surface area contributed by atoms with Crippen molar-refractivity contribution in [2.75, 3.05) is 26.2 Å². The first-order valence-electron chi connectivity index (χ1n) is 14.8. The molecule has 8 heteroatoms. The molecule has 2 heterocycles. The minimum Gasteiger partial charge on any atom is -0.335 e. The van der Waals surface area contributed by atoms with Crippen LogP contribution in [0.1, 0.15) is 43.8 Å². The molecule has 5 aromatic rings. The van der Waals surface area contributed by atoms with Gasteiger partial charge in [-0.1, -0.05) is 84.9 Å². The SMILES string of the molecule is O=C(c1csc(CN(Cc2ccc(F)cc2)Cc2ccc(F)cc2)n1)N1CCN(C(c2ccccc2)c2ccccc2)CC1. The number of carbonyl (C=O) groups excluding carboxylic acids is 1. The molecule has 0 aliphatic carbocycles. The van der Waals surface area contributed by atoms with E-state index in [2.05, 4.69) is 58.3 Å². The molecule has 1 aliphatic heterocycles. The molecule has 0 spiro atoms. The summed E-state index contributed by atoms with van der Waals surface area (Å²) in [5, 5.41) is 2.67. The van der Waals surface area contributed by atoms with Crippen LogP contribution in [-0.4, -0.2) is 51.8 Å². The second-order valence-electron chi connectivity index (χ2n) is 11.1. The van der Waals surface area contributed by atoms with Crippen molar-refractivity contribution in [3.63, 3.8) is 0 Å². The van der Waals surface area contributed by atoms with E-state index < -0.39 is 0 Å². The molecule has 1 saturated heterocycles. The van der Waals surface area contributed by atoms with Gasteiger partial charge in [0.25, 0.3) is 5.91 Å². The van der Waals surface area contributed by atoms with Crippen LogP contribution in [0.25, 0.3) is 0 Å². The normalized spacial score (nSPS) is 14.0. The zero-order valence-electron chi connectivity index (χ0n) is 24.4. The predicted octanol–water partition coefficient (Wildman–Crippen LogP) is 7.17. The molecular weight excluding hydrogens is 574 g/mol. The van der Waals surface area contributed by atoms with Gasteiger partial charge in [0.2, 0.25) is 0 Å². The number of aromatic nitrogens is 1. The highest BCUT2D eigenvalue weighted by molar-refractivity contribution is 7.09.